The molecular formula is C15H21NO. The van der Waals surface area contributed by atoms with E-state index in [4.69, 9.17) is 0 Å². The Bertz CT molecular complexity index is 375. The molecule has 2 heteroatoms. The molecule has 92 valence electrons. The van der Waals surface area contributed by atoms with E-state index in [1.807, 2.05) is 0 Å². The van der Waals surface area contributed by atoms with Crippen molar-refractivity contribution in [2.24, 2.45) is 29.6 Å². The van der Waals surface area contributed by atoms with Crippen molar-refractivity contribution in [3.05, 3.63) is 12.2 Å². The minimum Gasteiger partial charge on any atom is -0.342 e. The number of likely N-dealkylation sites (tertiary alicyclic amines) is 1. The molecule has 0 radical (unpaired) electrons. The lowest BCUT2D eigenvalue weighted by Gasteiger charge is -2.21. The molecule has 0 bridgehead atoms. The Balaban J connectivity index is 1.31. The molecule has 0 N–H and O–H groups in total. The van der Waals surface area contributed by atoms with E-state index >= 15 is 0 Å². The Hall–Kier alpha value is -0.790. The van der Waals surface area contributed by atoms with Crippen molar-refractivity contribution in [1.29, 1.82) is 0 Å². The van der Waals surface area contributed by atoms with Gasteiger partial charge in [-0.3, -0.25) is 4.79 Å². The fraction of sp³-hybridized carbons (Fsp3) is 0.800. The second kappa shape index (κ2) is 3.60. The van der Waals surface area contributed by atoms with Crippen LogP contribution in [0.2, 0.25) is 0 Å². The summed E-state index contributed by atoms with van der Waals surface area (Å²) < 4.78 is 0. The van der Waals surface area contributed by atoms with Gasteiger partial charge in [-0.2, -0.15) is 0 Å². The van der Waals surface area contributed by atoms with Crippen molar-refractivity contribution in [3.63, 3.8) is 0 Å². The van der Waals surface area contributed by atoms with Crippen LogP contribution in [0.1, 0.15) is 32.1 Å². The summed E-state index contributed by atoms with van der Waals surface area (Å²) in [5, 5.41) is 0. The zero-order chi connectivity index (χ0) is 11.4. The van der Waals surface area contributed by atoms with Crippen molar-refractivity contribution in [1.82, 2.24) is 4.90 Å². The molecule has 5 atom stereocenters. The van der Waals surface area contributed by atoms with Crippen LogP contribution in [-0.2, 0) is 4.79 Å². The lowest BCUT2D eigenvalue weighted by Crippen LogP contribution is -2.31. The quantitative estimate of drug-likeness (QED) is 0.683. The maximum Gasteiger partial charge on any atom is 0.226 e. The number of amides is 1. The van der Waals surface area contributed by atoms with Crippen molar-refractivity contribution in [3.8, 4) is 0 Å². The molecule has 5 unspecified atom stereocenters. The average molecular weight is 231 g/mol. The minimum absolute atomic E-state index is 0.449. The molecule has 3 fully saturated rings. The van der Waals surface area contributed by atoms with Crippen LogP contribution in [0.15, 0.2) is 12.2 Å². The number of carbonyl (C=O) groups is 1. The zero-order valence-corrected chi connectivity index (χ0v) is 10.3. The molecular weight excluding hydrogens is 210 g/mol. The van der Waals surface area contributed by atoms with Gasteiger partial charge in [0, 0.05) is 19.0 Å². The van der Waals surface area contributed by atoms with Crippen LogP contribution in [0, 0.1) is 29.6 Å². The molecule has 17 heavy (non-hydrogen) atoms. The summed E-state index contributed by atoms with van der Waals surface area (Å²) in [6.07, 6.45) is 11.2. The maximum absolute atomic E-state index is 11.9. The van der Waals surface area contributed by atoms with Crippen LogP contribution >= 0.6 is 0 Å². The molecule has 1 heterocycles. The number of allylic oxidation sites excluding steroid dienone is 2. The molecule has 0 aromatic heterocycles. The van der Waals surface area contributed by atoms with Gasteiger partial charge in [0.25, 0.3) is 0 Å². The number of rotatable bonds is 3. The normalized spacial score (nSPS) is 47.2. The highest BCUT2D eigenvalue weighted by molar-refractivity contribution is 5.84. The number of nitrogens with zero attached hydrogens (tertiary/aromatic N) is 1. The first-order chi connectivity index (χ1) is 8.33. The molecule has 2 saturated carbocycles. The van der Waals surface area contributed by atoms with Crippen molar-refractivity contribution in [2.75, 3.05) is 13.1 Å². The monoisotopic (exact) mass is 231 g/mol. The number of fused-ring (bicyclic) bond motifs is 1. The van der Waals surface area contributed by atoms with Crippen molar-refractivity contribution < 1.29 is 4.79 Å². The third kappa shape index (κ3) is 1.73. The van der Waals surface area contributed by atoms with E-state index in [1.165, 1.54) is 32.1 Å². The maximum atomic E-state index is 11.9. The highest BCUT2D eigenvalue weighted by atomic mass is 16.2. The molecule has 4 aliphatic rings. The highest BCUT2D eigenvalue weighted by Gasteiger charge is 2.54. The number of piperidine rings is 1. The van der Waals surface area contributed by atoms with Crippen LogP contribution in [0.25, 0.3) is 0 Å². The molecule has 1 amide bonds. The second-order valence-electron chi connectivity index (χ2n) is 6.55. The van der Waals surface area contributed by atoms with Crippen LogP contribution in [0.5, 0.6) is 0 Å². The third-order valence-electron chi connectivity index (χ3n) is 5.35. The summed E-state index contributed by atoms with van der Waals surface area (Å²) in [5.41, 5.74) is 0. The SMILES string of the molecule is O=C1C2CC2CN1CC1CC1C1CC=CCC1. The molecule has 3 aliphatic carbocycles. The first-order valence-electron chi connectivity index (χ1n) is 7.26. The Kier molecular flexibility index (Phi) is 2.15. The van der Waals surface area contributed by atoms with Crippen molar-refractivity contribution >= 4 is 5.91 Å². The smallest absolute Gasteiger partial charge is 0.226 e. The van der Waals surface area contributed by atoms with Gasteiger partial charge in [0.1, 0.15) is 0 Å². The van der Waals surface area contributed by atoms with Crippen LogP contribution in [0.4, 0.5) is 0 Å². The molecule has 1 aliphatic heterocycles. The van der Waals surface area contributed by atoms with Gasteiger partial charge in [0.2, 0.25) is 5.91 Å². The van der Waals surface area contributed by atoms with Gasteiger partial charge in [-0.05, 0) is 55.8 Å². The summed E-state index contributed by atoms with van der Waals surface area (Å²) in [6, 6.07) is 0. The standard InChI is InChI=1S/C15H21NO/c17-15-14-7-12(14)9-16(15)8-11-6-13(11)10-4-2-1-3-5-10/h1-2,10-14H,3-9H2. The van der Waals surface area contributed by atoms with Crippen molar-refractivity contribution in [2.45, 2.75) is 32.1 Å². The van der Waals surface area contributed by atoms with E-state index in [1.54, 1.807) is 0 Å². The molecule has 1 saturated heterocycles. The predicted molar refractivity (Wildman–Crippen MR) is 66.3 cm³/mol. The zero-order valence-electron chi connectivity index (χ0n) is 10.3. The molecule has 0 aromatic carbocycles. The van der Waals surface area contributed by atoms with Gasteiger partial charge >= 0.3 is 0 Å². The Morgan fingerprint density at radius 1 is 1.24 bits per heavy atom. The molecule has 0 aromatic rings. The van der Waals surface area contributed by atoms with E-state index in [0.29, 0.717) is 11.8 Å². The van der Waals surface area contributed by atoms with Gasteiger partial charge in [0.05, 0.1) is 0 Å². The number of hydrogen-bond acceptors (Lipinski definition) is 1. The third-order valence-corrected chi connectivity index (χ3v) is 5.35. The largest absolute Gasteiger partial charge is 0.342 e. The van der Waals surface area contributed by atoms with Gasteiger partial charge in [-0.15, -0.1) is 0 Å². The first kappa shape index (κ1) is 10.2. The summed E-state index contributed by atoms with van der Waals surface area (Å²) in [6.45, 7) is 2.16. The lowest BCUT2D eigenvalue weighted by atomic mass is 9.89. The highest BCUT2D eigenvalue weighted by Crippen LogP contribution is 2.51. The average Bonchev–Trinajstić information content (AvgIpc) is 3.24. The number of carbonyl (C=O) groups excluding carboxylic acids is 1. The molecule has 2 nitrogen and oxygen atoms in total. The summed E-state index contributed by atoms with van der Waals surface area (Å²) in [4.78, 5) is 14.1. The fourth-order valence-corrected chi connectivity index (χ4v) is 4.07. The second-order valence-corrected chi connectivity index (χ2v) is 6.55. The predicted octanol–water partition coefficient (Wildman–Crippen LogP) is 2.46. The Morgan fingerprint density at radius 2 is 2.18 bits per heavy atom. The Labute approximate surface area is 103 Å². The lowest BCUT2D eigenvalue weighted by molar-refractivity contribution is -0.130. The van der Waals surface area contributed by atoms with Crippen LogP contribution in [-0.4, -0.2) is 23.9 Å². The van der Waals surface area contributed by atoms with Gasteiger partial charge in [-0.25, -0.2) is 0 Å². The summed E-state index contributed by atoms with van der Waals surface area (Å²) in [7, 11) is 0. The van der Waals surface area contributed by atoms with E-state index in [2.05, 4.69) is 17.1 Å². The Morgan fingerprint density at radius 3 is 2.88 bits per heavy atom. The molecule has 0 spiro atoms. The molecule has 4 rings (SSSR count). The first-order valence-corrected chi connectivity index (χ1v) is 7.26. The minimum atomic E-state index is 0.449. The summed E-state index contributed by atoms with van der Waals surface area (Å²) >= 11 is 0. The van der Waals surface area contributed by atoms with E-state index in [-0.39, 0.29) is 0 Å². The van der Waals surface area contributed by atoms with Gasteiger partial charge in [-0.1, -0.05) is 12.2 Å². The van der Waals surface area contributed by atoms with Crippen LogP contribution in [0.3, 0.4) is 0 Å². The number of hydrogen-bond donors (Lipinski definition) is 0. The van der Waals surface area contributed by atoms with E-state index in [9.17, 15) is 4.79 Å². The van der Waals surface area contributed by atoms with Gasteiger partial charge < -0.3 is 4.90 Å². The topological polar surface area (TPSA) is 20.3 Å². The van der Waals surface area contributed by atoms with Crippen LogP contribution < -0.4 is 0 Å². The summed E-state index contributed by atoms with van der Waals surface area (Å²) in [5.74, 6) is 4.38. The van der Waals surface area contributed by atoms with E-state index in [0.717, 1.165) is 36.8 Å². The fourth-order valence-electron chi connectivity index (χ4n) is 4.07. The van der Waals surface area contributed by atoms with Gasteiger partial charge in [0.15, 0.2) is 0 Å². The van der Waals surface area contributed by atoms with E-state index < -0.39 is 0 Å².